The van der Waals surface area contributed by atoms with Gasteiger partial charge in [0.25, 0.3) is 0 Å². The number of hydrogen-bond acceptors (Lipinski definition) is 5. The van der Waals surface area contributed by atoms with Crippen molar-refractivity contribution in [3.05, 3.63) is 33.1 Å². The topological polar surface area (TPSA) is 74.5 Å². The Morgan fingerprint density at radius 1 is 1.53 bits per heavy atom. The van der Waals surface area contributed by atoms with Crippen molar-refractivity contribution in [2.75, 3.05) is 13.2 Å². The van der Waals surface area contributed by atoms with Gasteiger partial charge in [-0.2, -0.15) is 0 Å². The number of halogens is 1. The molecular formula is C8H7ClN2O4. The van der Waals surface area contributed by atoms with Gasteiger partial charge in [-0.3, -0.25) is 10.1 Å². The van der Waals surface area contributed by atoms with Gasteiger partial charge in [0.2, 0.25) is 5.15 Å². The second-order valence-corrected chi connectivity index (χ2v) is 3.27. The van der Waals surface area contributed by atoms with Crippen LogP contribution in [-0.4, -0.2) is 23.1 Å². The number of rotatable bonds is 2. The Bertz CT molecular complexity index is 392. The summed E-state index contributed by atoms with van der Waals surface area (Å²) in [6, 6.07) is 1.31. The third-order valence-electron chi connectivity index (χ3n) is 1.93. The summed E-state index contributed by atoms with van der Waals surface area (Å²) in [7, 11) is 0. The average Bonchev–Trinajstić information content (AvgIpc) is 2.71. The maximum absolute atomic E-state index is 10.6. The Labute approximate surface area is 89.9 Å². The summed E-state index contributed by atoms with van der Waals surface area (Å²) in [5, 5.41) is 10.5. The fourth-order valence-electron chi connectivity index (χ4n) is 1.26. The first-order chi connectivity index (χ1) is 7.18. The lowest BCUT2D eigenvalue weighted by Crippen LogP contribution is -2.01. The zero-order chi connectivity index (χ0) is 10.8. The molecule has 1 aliphatic heterocycles. The monoisotopic (exact) mass is 230 g/mol. The highest BCUT2D eigenvalue weighted by molar-refractivity contribution is 6.31. The summed E-state index contributed by atoms with van der Waals surface area (Å²) in [5.74, 6) is 0. The predicted molar refractivity (Wildman–Crippen MR) is 50.5 cm³/mol. The van der Waals surface area contributed by atoms with Crippen LogP contribution in [0.1, 0.15) is 11.9 Å². The molecule has 6 nitrogen and oxygen atoms in total. The SMILES string of the molecule is O=[N+]([O-])c1cc(C2OCCO2)cnc1Cl. The molecule has 2 rings (SSSR count). The highest BCUT2D eigenvalue weighted by Gasteiger charge is 2.23. The van der Waals surface area contributed by atoms with Crippen molar-refractivity contribution in [3.63, 3.8) is 0 Å². The fourth-order valence-corrected chi connectivity index (χ4v) is 1.43. The first kappa shape index (κ1) is 10.3. The average molecular weight is 231 g/mol. The molecule has 7 heteroatoms. The van der Waals surface area contributed by atoms with Gasteiger partial charge in [-0.25, -0.2) is 4.98 Å². The number of nitro groups is 1. The van der Waals surface area contributed by atoms with Crippen molar-refractivity contribution in [2.24, 2.45) is 0 Å². The van der Waals surface area contributed by atoms with E-state index in [0.717, 1.165) is 0 Å². The number of nitrogens with zero attached hydrogens (tertiary/aromatic N) is 2. The summed E-state index contributed by atoms with van der Waals surface area (Å²) in [6.07, 6.45) is 0.833. The first-order valence-corrected chi connectivity index (χ1v) is 4.59. The van der Waals surface area contributed by atoms with Crippen LogP contribution in [0.15, 0.2) is 12.3 Å². The molecule has 0 bridgehead atoms. The Kier molecular flexibility index (Phi) is 2.81. The number of hydrogen-bond donors (Lipinski definition) is 0. The van der Waals surface area contributed by atoms with Gasteiger partial charge in [-0.1, -0.05) is 11.6 Å². The number of aromatic nitrogens is 1. The van der Waals surface area contributed by atoms with Crippen LogP contribution in [-0.2, 0) is 9.47 Å². The standard InChI is InChI=1S/C8H7ClN2O4/c9-7-6(11(12)13)3-5(4-10-7)8-14-1-2-15-8/h3-4,8H,1-2H2. The maximum atomic E-state index is 10.6. The van der Waals surface area contributed by atoms with E-state index in [2.05, 4.69) is 4.98 Å². The molecule has 0 amide bonds. The van der Waals surface area contributed by atoms with E-state index in [1.807, 2.05) is 0 Å². The van der Waals surface area contributed by atoms with Gasteiger partial charge in [-0.15, -0.1) is 0 Å². The predicted octanol–water partition coefficient (Wildman–Crippen LogP) is 1.69. The fraction of sp³-hybridized carbons (Fsp3) is 0.375. The van der Waals surface area contributed by atoms with Crippen molar-refractivity contribution in [2.45, 2.75) is 6.29 Å². The summed E-state index contributed by atoms with van der Waals surface area (Å²) >= 11 is 5.56. The molecule has 0 saturated carbocycles. The van der Waals surface area contributed by atoms with Gasteiger partial charge in [-0.05, 0) is 0 Å². The molecule has 1 fully saturated rings. The van der Waals surface area contributed by atoms with Crippen LogP contribution >= 0.6 is 11.6 Å². The summed E-state index contributed by atoms with van der Waals surface area (Å²) in [6.45, 7) is 0.947. The normalized spacial score (nSPS) is 16.9. The lowest BCUT2D eigenvalue weighted by Gasteiger charge is -2.08. The van der Waals surface area contributed by atoms with Gasteiger partial charge in [0.05, 0.1) is 18.1 Å². The minimum absolute atomic E-state index is 0.137. The van der Waals surface area contributed by atoms with Crippen molar-refractivity contribution in [1.29, 1.82) is 0 Å². The summed E-state index contributed by atoms with van der Waals surface area (Å²) < 4.78 is 10.4. The van der Waals surface area contributed by atoms with E-state index >= 15 is 0 Å². The molecular weight excluding hydrogens is 224 g/mol. The Morgan fingerprint density at radius 3 is 2.80 bits per heavy atom. The van der Waals surface area contributed by atoms with Crippen LogP contribution in [0.2, 0.25) is 5.15 Å². The highest BCUT2D eigenvalue weighted by atomic mass is 35.5. The molecule has 80 valence electrons. The molecule has 0 aromatic carbocycles. The van der Waals surface area contributed by atoms with Crippen LogP contribution in [0.3, 0.4) is 0 Å². The second-order valence-electron chi connectivity index (χ2n) is 2.91. The molecule has 0 radical (unpaired) electrons. The Morgan fingerprint density at radius 2 is 2.20 bits per heavy atom. The second kappa shape index (κ2) is 4.09. The molecule has 1 aromatic heterocycles. The molecule has 1 aromatic rings. The van der Waals surface area contributed by atoms with Gasteiger partial charge in [0, 0.05) is 17.8 Å². The molecule has 1 aliphatic rings. The number of ether oxygens (including phenoxy) is 2. The highest BCUT2D eigenvalue weighted by Crippen LogP contribution is 2.29. The molecule has 0 N–H and O–H groups in total. The van der Waals surface area contributed by atoms with Gasteiger partial charge in [0.1, 0.15) is 0 Å². The minimum atomic E-state index is -0.589. The van der Waals surface area contributed by atoms with E-state index in [0.29, 0.717) is 18.8 Å². The summed E-state index contributed by atoms with van der Waals surface area (Å²) in [4.78, 5) is 13.7. The van der Waals surface area contributed by atoms with Crippen molar-refractivity contribution >= 4 is 17.3 Å². The van der Waals surface area contributed by atoms with Crippen molar-refractivity contribution in [3.8, 4) is 0 Å². The van der Waals surface area contributed by atoms with Gasteiger partial charge < -0.3 is 9.47 Å². The maximum Gasteiger partial charge on any atom is 0.306 e. The van der Waals surface area contributed by atoms with E-state index in [4.69, 9.17) is 21.1 Å². The zero-order valence-corrected chi connectivity index (χ0v) is 8.31. The third-order valence-corrected chi connectivity index (χ3v) is 2.22. The third kappa shape index (κ3) is 2.06. The zero-order valence-electron chi connectivity index (χ0n) is 7.55. The smallest absolute Gasteiger partial charge is 0.306 e. The van der Waals surface area contributed by atoms with Crippen molar-refractivity contribution < 1.29 is 14.4 Å². The van der Waals surface area contributed by atoms with E-state index in [9.17, 15) is 10.1 Å². The quantitative estimate of drug-likeness (QED) is 0.439. The van der Waals surface area contributed by atoms with E-state index in [1.165, 1.54) is 12.3 Å². The van der Waals surface area contributed by atoms with Gasteiger partial charge in [0.15, 0.2) is 6.29 Å². The Balaban J connectivity index is 2.33. The van der Waals surface area contributed by atoms with Crippen molar-refractivity contribution in [1.82, 2.24) is 4.98 Å². The largest absolute Gasteiger partial charge is 0.346 e. The van der Waals surface area contributed by atoms with Gasteiger partial charge >= 0.3 is 5.69 Å². The molecule has 0 aliphatic carbocycles. The van der Waals surface area contributed by atoms with Crippen LogP contribution < -0.4 is 0 Å². The molecule has 0 unspecified atom stereocenters. The van der Waals surface area contributed by atoms with E-state index in [1.54, 1.807) is 0 Å². The first-order valence-electron chi connectivity index (χ1n) is 4.21. The van der Waals surface area contributed by atoms with Crippen LogP contribution in [0.4, 0.5) is 5.69 Å². The molecule has 0 spiro atoms. The summed E-state index contributed by atoms with van der Waals surface area (Å²) in [5.41, 5.74) is 0.261. The van der Waals surface area contributed by atoms with Crippen LogP contribution in [0, 0.1) is 10.1 Å². The lowest BCUT2D eigenvalue weighted by molar-refractivity contribution is -0.385. The minimum Gasteiger partial charge on any atom is -0.346 e. The van der Waals surface area contributed by atoms with E-state index < -0.39 is 11.2 Å². The van der Waals surface area contributed by atoms with Crippen LogP contribution in [0.5, 0.6) is 0 Å². The van der Waals surface area contributed by atoms with E-state index in [-0.39, 0.29) is 10.8 Å². The lowest BCUT2D eigenvalue weighted by atomic mass is 10.2. The number of pyridine rings is 1. The molecule has 15 heavy (non-hydrogen) atoms. The Hall–Kier alpha value is -1.24. The molecule has 0 atom stereocenters. The molecule has 2 heterocycles. The van der Waals surface area contributed by atoms with Crippen LogP contribution in [0.25, 0.3) is 0 Å². The molecule has 1 saturated heterocycles.